The number of aromatic nitrogens is 1. The number of hydrogen-bond acceptors (Lipinski definition) is 8. The van der Waals surface area contributed by atoms with Gasteiger partial charge in [0.15, 0.2) is 5.78 Å². The second-order valence-corrected chi connectivity index (χ2v) is 12.5. The summed E-state index contributed by atoms with van der Waals surface area (Å²) in [6.07, 6.45) is 3.74. The van der Waals surface area contributed by atoms with Crippen LogP contribution in [-0.4, -0.2) is 76.5 Å². The first-order valence-corrected chi connectivity index (χ1v) is 15.3. The summed E-state index contributed by atoms with van der Waals surface area (Å²) in [7, 11) is -4.51. The second kappa shape index (κ2) is 11.4. The van der Waals surface area contributed by atoms with Crippen LogP contribution in [0.1, 0.15) is 46.9 Å². The van der Waals surface area contributed by atoms with Crippen molar-refractivity contribution in [2.45, 2.75) is 44.3 Å². The van der Waals surface area contributed by atoms with E-state index in [2.05, 4.69) is 10.3 Å². The fourth-order valence-electron chi connectivity index (χ4n) is 5.30. The minimum atomic E-state index is -4.51. The van der Waals surface area contributed by atoms with Crippen LogP contribution in [0.15, 0.2) is 66.3 Å². The molecule has 3 atom stereocenters. The molecule has 2 saturated heterocycles. The van der Waals surface area contributed by atoms with Crippen molar-refractivity contribution < 1.29 is 27.6 Å². The summed E-state index contributed by atoms with van der Waals surface area (Å²) in [5.41, 5.74) is 1.28. The van der Waals surface area contributed by atoms with E-state index < -0.39 is 57.4 Å². The van der Waals surface area contributed by atoms with Crippen LogP contribution in [0.2, 0.25) is 0 Å². The average Bonchev–Trinajstić information content (AvgIpc) is 3.72. The van der Waals surface area contributed by atoms with E-state index in [1.807, 2.05) is 36.6 Å². The molecule has 0 saturated carbocycles. The van der Waals surface area contributed by atoms with Crippen molar-refractivity contribution in [1.29, 1.82) is 0 Å². The van der Waals surface area contributed by atoms with Crippen molar-refractivity contribution in [1.82, 2.24) is 19.5 Å². The first-order chi connectivity index (χ1) is 19.2. The van der Waals surface area contributed by atoms with Crippen molar-refractivity contribution in [3.8, 4) is 10.4 Å². The van der Waals surface area contributed by atoms with Crippen LogP contribution in [-0.2, 0) is 19.6 Å². The predicted molar refractivity (Wildman–Crippen MR) is 149 cm³/mol. The second-order valence-electron chi connectivity index (χ2n) is 9.75. The summed E-state index contributed by atoms with van der Waals surface area (Å²) in [5, 5.41) is 3.64. The largest absolute Gasteiger partial charge is 0.340 e. The van der Waals surface area contributed by atoms with Gasteiger partial charge >= 0.3 is 0 Å². The number of pyridine rings is 1. The zero-order valence-electron chi connectivity index (χ0n) is 21.7. The molecule has 2 aromatic heterocycles. The number of hydrogen-bond donors (Lipinski definition) is 1. The zero-order valence-corrected chi connectivity index (χ0v) is 23.4. The molecule has 0 spiro atoms. The van der Waals surface area contributed by atoms with Crippen molar-refractivity contribution in [3.05, 3.63) is 77.4 Å². The lowest BCUT2D eigenvalue weighted by molar-refractivity contribution is -0.138. The SMILES string of the molecule is CCCC(NC(=O)c1ccc(-c2cccs2)cc1)C(=O)N1CCC2C1C(=O)CN2S(=O)(=O)C(=O)c1cccnc1. The zero-order chi connectivity index (χ0) is 28.4. The van der Waals surface area contributed by atoms with Crippen LogP contribution >= 0.6 is 11.3 Å². The lowest BCUT2D eigenvalue weighted by atomic mass is 10.1. The lowest BCUT2D eigenvalue weighted by Gasteiger charge is -2.28. The fraction of sp³-hybridized carbons (Fsp3) is 0.321. The summed E-state index contributed by atoms with van der Waals surface area (Å²) >= 11 is 1.59. The number of ketones is 1. The normalized spacial score (nSPS) is 19.8. The number of nitrogens with one attached hydrogen (secondary N) is 1. The van der Waals surface area contributed by atoms with E-state index in [1.165, 1.54) is 23.2 Å². The molecular weight excluding hydrogens is 552 g/mol. The van der Waals surface area contributed by atoms with Crippen molar-refractivity contribution in [3.63, 3.8) is 0 Å². The van der Waals surface area contributed by atoms with Gasteiger partial charge in [-0.1, -0.05) is 31.5 Å². The van der Waals surface area contributed by atoms with E-state index in [9.17, 15) is 27.6 Å². The molecule has 208 valence electrons. The van der Waals surface area contributed by atoms with Gasteiger partial charge in [0.25, 0.3) is 21.0 Å². The molecule has 12 heteroatoms. The van der Waals surface area contributed by atoms with Crippen molar-refractivity contribution in [2.75, 3.05) is 13.1 Å². The molecule has 3 unspecified atom stereocenters. The number of fused-ring (bicyclic) bond motifs is 1. The highest BCUT2D eigenvalue weighted by molar-refractivity contribution is 8.04. The number of sulfonamides is 1. The monoisotopic (exact) mass is 580 g/mol. The Morgan fingerprint density at radius 3 is 2.52 bits per heavy atom. The average molecular weight is 581 g/mol. The van der Waals surface area contributed by atoms with Crippen LogP contribution < -0.4 is 5.32 Å². The molecule has 10 nitrogen and oxygen atoms in total. The maximum Gasteiger partial charge on any atom is 0.293 e. The van der Waals surface area contributed by atoms with Crippen LogP contribution in [0, 0.1) is 0 Å². The van der Waals surface area contributed by atoms with E-state index in [0.29, 0.717) is 18.4 Å². The molecule has 40 heavy (non-hydrogen) atoms. The van der Waals surface area contributed by atoms with Gasteiger partial charge in [0.1, 0.15) is 12.1 Å². The van der Waals surface area contributed by atoms with Gasteiger partial charge in [0, 0.05) is 29.4 Å². The van der Waals surface area contributed by atoms with E-state index in [0.717, 1.165) is 20.9 Å². The Morgan fingerprint density at radius 2 is 1.88 bits per heavy atom. The third-order valence-corrected chi connectivity index (χ3v) is 9.87. The highest BCUT2D eigenvalue weighted by Crippen LogP contribution is 2.33. The standard InChI is InChI=1S/C28H28N4O6S2/c1-2-5-21(30-26(34)19-10-8-18(9-11-19)24-7-4-15-39-24)27(35)31-14-12-22-25(31)23(33)17-32(22)40(37,38)28(36)20-6-3-13-29-16-20/h3-4,6-11,13,15-16,21-22,25H,2,5,12,14,17H2,1H3,(H,30,34). The molecule has 4 heterocycles. The number of rotatable bonds is 8. The number of thiophene rings is 1. The number of carbonyl (C=O) groups is 4. The third-order valence-electron chi connectivity index (χ3n) is 7.23. The molecule has 1 N–H and O–H groups in total. The predicted octanol–water partition coefficient (Wildman–Crippen LogP) is 2.73. The Labute approximate surface area is 236 Å². The number of carbonyl (C=O) groups excluding carboxylic acids is 4. The van der Waals surface area contributed by atoms with E-state index in [-0.39, 0.29) is 18.5 Å². The molecule has 0 bridgehead atoms. The first kappa shape index (κ1) is 27.8. The highest BCUT2D eigenvalue weighted by Gasteiger charge is 2.55. The lowest BCUT2D eigenvalue weighted by Crippen LogP contribution is -2.52. The minimum Gasteiger partial charge on any atom is -0.340 e. The molecule has 1 aromatic carbocycles. The Morgan fingerprint density at radius 1 is 1.10 bits per heavy atom. The summed E-state index contributed by atoms with van der Waals surface area (Å²) in [4.78, 5) is 58.7. The van der Waals surface area contributed by atoms with E-state index in [4.69, 9.17) is 0 Å². The van der Waals surface area contributed by atoms with Crippen LogP contribution in [0.3, 0.4) is 0 Å². The number of likely N-dealkylation sites (tertiary alicyclic amines) is 1. The minimum absolute atomic E-state index is 0.0986. The smallest absolute Gasteiger partial charge is 0.293 e. The Kier molecular flexibility index (Phi) is 7.92. The molecule has 2 amide bonds. The molecule has 0 radical (unpaired) electrons. The quantitative estimate of drug-likeness (QED) is 0.433. The van der Waals surface area contributed by atoms with Gasteiger partial charge < -0.3 is 10.2 Å². The Balaban J connectivity index is 1.30. The first-order valence-electron chi connectivity index (χ1n) is 13.0. The van der Waals surface area contributed by atoms with E-state index in [1.54, 1.807) is 23.5 Å². The van der Waals surface area contributed by atoms with Gasteiger partial charge in [0.2, 0.25) is 5.91 Å². The Hall–Kier alpha value is -3.74. The Bertz CT molecular complexity index is 1520. The number of benzene rings is 1. The van der Waals surface area contributed by atoms with Gasteiger partial charge in [-0.3, -0.25) is 24.2 Å². The van der Waals surface area contributed by atoms with Gasteiger partial charge in [-0.25, -0.2) is 8.42 Å². The molecular formula is C28H28N4O6S2. The number of amides is 2. The summed E-state index contributed by atoms with van der Waals surface area (Å²) in [6.45, 7) is 1.53. The topological polar surface area (TPSA) is 134 Å². The third kappa shape index (κ3) is 5.21. The summed E-state index contributed by atoms with van der Waals surface area (Å²) in [5.74, 6) is -1.31. The number of Topliss-reactive ketones (excluding diaryl/α,β-unsaturated/α-hetero) is 1. The molecule has 2 aliphatic heterocycles. The maximum atomic E-state index is 13.6. The molecule has 5 rings (SSSR count). The van der Waals surface area contributed by atoms with Crippen LogP contribution in [0.25, 0.3) is 10.4 Å². The fourth-order valence-corrected chi connectivity index (χ4v) is 7.54. The highest BCUT2D eigenvalue weighted by atomic mass is 32.2. The molecule has 0 aliphatic carbocycles. The van der Waals surface area contributed by atoms with Crippen LogP contribution in [0.5, 0.6) is 0 Å². The summed E-state index contributed by atoms with van der Waals surface area (Å²) < 4.78 is 27.3. The van der Waals surface area contributed by atoms with Crippen molar-refractivity contribution in [2.24, 2.45) is 0 Å². The molecule has 2 fully saturated rings. The van der Waals surface area contributed by atoms with E-state index >= 15 is 0 Å². The maximum absolute atomic E-state index is 13.6. The van der Waals surface area contributed by atoms with Crippen molar-refractivity contribution >= 4 is 44.1 Å². The number of nitrogens with zero attached hydrogens (tertiary/aromatic N) is 3. The molecule has 3 aromatic rings. The van der Waals surface area contributed by atoms with Gasteiger partial charge in [-0.2, -0.15) is 4.31 Å². The van der Waals surface area contributed by atoms with Gasteiger partial charge in [-0.05, 0) is 54.1 Å². The van der Waals surface area contributed by atoms with Gasteiger partial charge in [0.05, 0.1) is 18.2 Å². The van der Waals surface area contributed by atoms with Crippen LogP contribution in [0.4, 0.5) is 0 Å². The summed E-state index contributed by atoms with van der Waals surface area (Å²) in [6, 6.07) is 11.1. The molecule has 2 aliphatic rings. The van der Waals surface area contributed by atoms with Gasteiger partial charge in [-0.15, -0.1) is 11.3 Å².